The summed E-state index contributed by atoms with van der Waals surface area (Å²) < 4.78 is 19.3. The highest BCUT2D eigenvalue weighted by molar-refractivity contribution is 5.92. The zero-order valence-corrected chi connectivity index (χ0v) is 12.6. The minimum absolute atomic E-state index is 0.0729. The minimum atomic E-state index is -0.665. The molecule has 0 aliphatic heterocycles. The largest absolute Gasteiger partial charge is 0.454 e. The number of aryl methyl sites for hydroxylation is 1. The maximum absolute atomic E-state index is 13.8. The average Bonchev–Trinajstić information content (AvgIpc) is 2.51. The molecule has 2 aromatic rings. The second-order valence-corrected chi connectivity index (χ2v) is 5.21. The molecular formula is C18H20FNO2. The third-order valence-electron chi connectivity index (χ3n) is 3.44. The van der Waals surface area contributed by atoms with Crippen LogP contribution in [0.4, 0.5) is 4.39 Å². The fraction of sp³-hybridized carbons (Fsp3) is 0.278. The van der Waals surface area contributed by atoms with Gasteiger partial charge in [0.05, 0.1) is 0 Å². The maximum atomic E-state index is 13.8. The lowest BCUT2D eigenvalue weighted by Gasteiger charge is -2.08. The molecule has 0 aliphatic carbocycles. The van der Waals surface area contributed by atoms with Gasteiger partial charge < -0.3 is 10.5 Å². The van der Waals surface area contributed by atoms with Crippen molar-refractivity contribution in [2.45, 2.75) is 32.6 Å². The van der Waals surface area contributed by atoms with Crippen LogP contribution in [0.5, 0.6) is 11.5 Å². The van der Waals surface area contributed by atoms with E-state index in [1.807, 2.05) is 24.3 Å². The van der Waals surface area contributed by atoms with Crippen LogP contribution in [0.15, 0.2) is 42.5 Å². The zero-order valence-electron chi connectivity index (χ0n) is 12.6. The van der Waals surface area contributed by atoms with Crippen molar-refractivity contribution >= 4 is 5.91 Å². The first-order chi connectivity index (χ1) is 10.6. The van der Waals surface area contributed by atoms with E-state index in [2.05, 4.69) is 6.92 Å². The van der Waals surface area contributed by atoms with Gasteiger partial charge in [0.25, 0.3) is 0 Å². The van der Waals surface area contributed by atoms with Crippen molar-refractivity contribution in [3.05, 3.63) is 59.4 Å². The van der Waals surface area contributed by atoms with Crippen molar-refractivity contribution in [2.75, 3.05) is 0 Å². The molecule has 0 atom stereocenters. The lowest BCUT2D eigenvalue weighted by atomic mass is 10.1. The number of rotatable bonds is 7. The van der Waals surface area contributed by atoms with Gasteiger partial charge >= 0.3 is 0 Å². The minimum Gasteiger partial charge on any atom is -0.454 e. The van der Waals surface area contributed by atoms with Crippen LogP contribution < -0.4 is 10.5 Å². The van der Waals surface area contributed by atoms with Crippen LogP contribution in [-0.2, 0) is 6.42 Å². The predicted octanol–water partition coefficient (Wildman–Crippen LogP) is 4.45. The molecule has 0 aromatic heterocycles. The Labute approximate surface area is 129 Å². The smallest absolute Gasteiger partial charge is 0.248 e. The van der Waals surface area contributed by atoms with E-state index < -0.39 is 11.7 Å². The van der Waals surface area contributed by atoms with E-state index in [1.165, 1.54) is 37.0 Å². The van der Waals surface area contributed by atoms with Crippen LogP contribution in [0.3, 0.4) is 0 Å². The third kappa shape index (κ3) is 4.32. The molecule has 0 spiro atoms. The first kappa shape index (κ1) is 16.0. The van der Waals surface area contributed by atoms with Gasteiger partial charge in [-0.15, -0.1) is 0 Å². The zero-order chi connectivity index (χ0) is 15.9. The molecule has 116 valence electrons. The Kier molecular flexibility index (Phi) is 5.53. The molecular weight excluding hydrogens is 281 g/mol. The highest BCUT2D eigenvalue weighted by Crippen LogP contribution is 2.25. The molecule has 3 nitrogen and oxygen atoms in total. The van der Waals surface area contributed by atoms with E-state index in [4.69, 9.17) is 10.5 Å². The summed E-state index contributed by atoms with van der Waals surface area (Å²) in [5.41, 5.74) is 6.47. The summed E-state index contributed by atoms with van der Waals surface area (Å²) in [6.45, 7) is 2.18. The SMILES string of the molecule is CCCCCc1ccc(Oc2ccc(C(N)=O)cc2F)cc1. The van der Waals surface area contributed by atoms with Crippen LogP contribution >= 0.6 is 0 Å². The Hall–Kier alpha value is -2.36. The average molecular weight is 301 g/mol. The second-order valence-electron chi connectivity index (χ2n) is 5.21. The summed E-state index contributed by atoms with van der Waals surface area (Å²) >= 11 is 0. The van der Waals surface area contributed by atoms with Gasteiger partial charge in [-0.2, -0.15) is 0 Å². The number of unbranched alkanes of at least 4 members (excludes halogenated alkanes) is 2. The number of primary amides is 1. The fourth-order valence-corrected chi connectivity index (χ4v) is 2.17. The highest BCUT2D eigenvalue weighted by atomic mass is 19.1. The number of amides is 1. The Morgan fingerprint density at radius 1 is 1.14 bits per heavy atom. The third-order valence-corrected chi connectivity index (χ3v) is 3.44. The van der Waals surface area contributed by atoms with Gasteiger partial charge in [-0.3, -0.25) is 4.79 Å². The van der Waals surface area contributed by atoms with Crippen molar-refractivity contribution in [3.8, 4) is 11.5 Å². The van der Waals surface area contributed by atoms with Crippen molar-refractivity contribution < 1.29 is 13.9 Å². The first-order valence-electron chi connectivity index (χ1n) is 7.46. The predicted molar refractivity (Wildman–Crippen MR) is 84.7 cm³/mol. The normalized spacial score (nSPS) is 10.5. The van der Waals surface area contributed by atoms with Gasteiger partial charge in [-0.05, 0) is 48.7 Å². The van der Waals surface area contributed by atoms with Crippen molar-refractivity contribution in [1.29, 1.82) is 0 Å². The van der Waals surface area contributed by atoms with Gasteiger partial charge in [0.2, 0.25) is 5.91 Å². The monoisotopic (exact) mass is 301 g/mol. The molecule has 0 saturated heterocycles. The maximum Gasteiger partial charge on any atom is 0.248 e. The molecule has 0 radical (unpaired) electrons. The van der Waals surface area contributed by atoms with Crippen molar-refractivity contribution in [3.63, 3.8) is 0 Å². The van der Waals surface area contributed by atoms with Crippen molar-refractivity contribution in [2.24, 2.45) is 5.73 Å². The molecule has 1 amide bonds. The highest BCUT2D eigenvalue weighted by Gasteiger charge is 2.09. The number of hydrogen-bond donors (Lipinski definition) is 1. The molecule has 4 heteroatoms. The summed E-state index contributed by atoms with van der Waals surface area (Å²) in [5, 5.41) is 0. The summed E-state index contributed by atoms with van der Waals surface area (Å²) in [4.78, 5) is 11.0. The lowest BCUT2D eigenvalue weighted by Crippen LogP contribution is -2.11. The van der Waals surface area contributed by atoms with Gasteiger partial charge in [0.15, 0.2) is 11.6 Å². The molecule has 22 heavy (non-hydrogen) atoms. The summed E-state index contributed by atoms with van der Waals surface area (Å²) in [6.07, 6.45) is 4.62. The van der Waals surface area contributed by atoms with Gasteiger partial charge in [-0.25, -0.2) is 4.39 Å². The summed E-state index contributed by atoms with van der Waals surface area (Å²) in [5.74, 6) is -0.640. The van der Waals surface area contributed by atoms with Gasteiger partial charge in [0, 0.05) is 5.56 Å². The second kappa shape index (κ2) is 7.59. The van der Waals surface area contributed by atoms with Crippen LogP contribution in [0, 0.1) is 5.82 Å². The quantitative estimate of drug-likeness (QED) is 0.768. The van der Waals surface area contributed by atoms with Crippen molar-refractivity contribution in [1.82, 2.24) is 0 Å². The molecule has 0 aliphatic rings. The van der Waals surface area contributed by atoms with E-state index in [0.717, 1.165) is 12.5 Å². The Morgan fingerprint density at radius 3 is 2.45 bits per heavy atom. The Balaban J connectivity index is 2.03. The molecule has 0 saturated carbocycles. The Morgan fingerprint density at radius 2 is 1.86 bits per heavy atom. The summed E-state index contributed by atoms with van der Waals surface area (Å²) in [6, 6.07) is 11.5. The van der Waals surface area contributed by atoms with Crippen LogP contribution in [0.2, 0.25) is 0 Å². The molecule has 2 N–H and O–H groups in total. The number of ether oxygens (including phenoxy) is 1. The number of halogens is 1. The van der Waals surface area contributed by atoms with E-state index in [9.17, 15) is 9.18 Å². The van der Waals surface area contributed by atoms with Gasteiger partial charge in [0.1, 0.15) is 5.75 Å². The van der Waals surface area contributed by atoms with Crippen LogP contribution in [0.25, 0.3) is 0 Å². The Bertz CT molecular complexity index is 638. The molecule has 0 fully saturated rings. The molecule has 0 unspecified atom stereocenters. The van der Waals surface area contributed by atoms with Gasteiger partial charge in [-0.1, -0.05) is 31.9 Å². The number of carbonyl (C=O) groups excluding carboxylic acids is 1. The fourth-order valence-electron chi connectivity index (χ4n) is 2.17. The van der Waals surface area contributed by atoms with E-state index in [1.54, 1.807) is 0 Å². The number of hydrogen-bond acceptors (Lipinski definition) is 2. The molecule has 2 rings (SSSR count). The number of nitrogens with two attached hydrogens (primary N) is 1. The number of benzene rings is 2. The van der Waals surface area contributed by atoms with E-state index in [-0.39, 0.29) is 11.3 Å². The van der Waals surface area contributed by atoms with Crippen LogP contribution in [-0.4, -0.2) is 5.91 Å². The first-order valence-corrected chi connectivity index (χ1v) is 7.46. The number of carbonyl (C=O) groups is 1. The van der Waals surface area contributed by atoms with E-state index >= 15 is 0 Å². The summed E-state index contributed by atoms with van der Waals surface area (Å²) in [7, 11) is 0. The molecule has 0 bridgehead atoms. The molecule has 2 aromatic carbocycles. The molecule has 0 heterocycles. The van der Waals surface area contributed by atoms with E-state index in [0.29, 0.717) is 5.75 Å². The standard InChI is InChI=1S/C18H20FNO2/c1-2-3-4-5-13-6-9-15(10-7-13)22-17-11-8-14(18(20)21)12-16(17)19/h6-12H,2-5H2,1H3,(H2,20,21). The lowest BCUT2D eigenvalue weighted by molar-refractivity contribution is 0.1000. The van der Waals surface area contributed by atoms with Crippen LogP contribution in [0.1, 0.15) is 42.1 Å². The topological polar surface area (TPSA) is 52.3 Å².